The minimum atomic E-state index is 0. The van der Waals surface area contributed by atoms with E-state index in [-0.39, 0.29) is 12.4 Å². The van der Waals surface area contributed by atoms with Crippen molar-refractivity contribution in [2.45, 2.75) is 25.7 Å². The molecule has 2 aromatic rings. The van der Waals surface area contributed by atoms with Crippen molar-refractivity contribution < 1.29 is 0 Å². The minimum absolute atomic E-state index is 0. The van der Waals surface area contributed by atoms with Gasteiger partial charge >= 0.3 is 0 Å². The molecule has 102 valence electrons. The van der Waals surface area contributed by atoms with Crippen molar-refractivity contribution in [2.24, 2.45) is 0 Å². The van der Waals surface area contributed by atoms with Gasteiger partial charge in [-0.2, -0.15) is 5.10 Å². The molecule has 0 saturated carbocycles. The highest BCUT2D eigenvalue weighted by Gasteiger charge is 2.19. The van der Waals surface area contributed by atoms with E-state index in [1.165, 1.54) is 5.56 Å². The minimum Gasteiger partial charge on any atom is -0.317 e. The molecule has 0 aliphatic carbocycles. The van der Waals surface area contributed by atoms with Gasteiger partial charge in [-0.25, -0.2) is 4.98 Å². The molecule has 0 radical (unpaired) electrons. The van der Waals surface area contributed by atoms with Crippen molar-refractivity contribution in [1.29, 1.82) is 0 Å². The fraction of sp³-hybridized carbons (Fsp3) is 0.462. The predicted octanol–water partition coefficient (Wildman–Crippen LogP) is 2.06. The SMILES string of the molecule is Cc1ccnc(-c2nc(C3CCNCC3)n[nH]2)c1.Cl. The second kappa shape index (κ2) is 6.12. The van der Waals surface area contributed by atoms with Crippen molar-refractivity contribution in [3.63, 3.8) is 0 Å². The molecule has 5 nitrogen and oxygen atoms in total. The molecule has 1 aliphatic rings. The highest BCUT2D eigenvalue weighted by molar-refractivity contribution is 5.85. The molecule has 0 aromatic carbocycles. The number of hydrogen-bond donors (Lipinski definition) is 2. The van der Waals surface area contributed by atoms with Crippen LogP contribution in [0, 0.1) is 6.92 Å². The van der Waals surface area contributed by atoms with Crippen LogP contribution in [0.25, 0.3) is 11.5 Å². The van der Waals surface area contributed by atoms with Crippen LogP contribution in [0.2, 0.25) is 0 Å². The standard InChI is InChI=1S/C13H17N5.ClH/c1-9-2-7-15-11(8-9)13-16-12(17-18-13)10-3-5-14-6-4-10;/h2,7-8,10,14H,3-6H2,1H3,(H,16,17,18);1H. The summed E-state index contributed by atoms with van der Waals surface area (Å²) in [5.41, 5.74) is 2.04. The van der Waals surface area contributed by atoms with E-state index in [1.807, 2.05) is 12.1 Å². The fourth-order valence-electron chi connectivity index (χ4n) is 2.32. The molecule has 1 fully saturated rings. The normalized spacial score (nSPS) is 16.1. The van der Waals surface area contributed by atoms with Crippen LogP contribution in [0.3, 0.4) is 0 Å². The lowest BCUT2D eigenvalue weighted by Gasteiger charge is -2.19. The summed E-state index contributed by atoms with van der Waals surface area (Å²) < 4.78 is 0. The van der Waals surface area contributed by atoms with E-state index in [0.717, 1.165) is 43.3 Å². The van der Waals surface area contributed by atoms with E-state index in [9.17, 15) is 0 Å². The summed E-state index contributed by atoms with van der Waals surface area (Å²) in [7, 11) is 0. The van der Waals surface area contributed by atoms with Gasteiger partial charge in [0.1, 0.15) is 5.69 Å². The van der Waals surface area contributed by atoms with Gasteiger partial charge in [0, 0.05) is 12.1 Å². The molecule has 0 amide bonds. The van der Waals surface area contributed by atoms with Crippen molar-refractivity contribution in [3.05, 3.63) is 29.7 Å². The van der Waals surface area contributed by atoms with Crippen molar-refractivity contribution >= 4 is 12.4 Å². The molecule has 0 unspecified atom stereocenters. The first kappa shape index (κ1) is 14.0. The highest BCUT2D eigenvalue weighted by Crippen LogP contribution is 2.23. The van der Waals surface area contributed by atoms with Crippen LogP contribution in [0.5, 0.6) is 0 Å². The van der Waals surface area contributed by atoms with Gasteiger partial charge in [0.25, 0.3) is 0 Å². The monoisotopic (exact) mass is 279 g/mol. The second-order valence-electron chi connectivity index (χ2n) is 4.78. The Hall–Kier alpha value is -1.46. The number of hydrogen-bond acceptors (Lipinski definition) is 4. The largest absolute Gasteiger partial charge is 0.317 e. The summed E-state index contributed by atoms with van der Waals surface area (Å²) >= 11 is 0. The van der Waals surface area contributed by atoms with Gasteiger partial charge in [0.15, 0.2) is 11.6 Å². The molecule has 2 aromatic heterocycles. The maximum absolute atomic E-state index is 4.59. The Bertz CT molecular complexity index is 533. The van der Waals surface area contributed by atoms with E-state index in [4.69, 9.17) is 0 Å². The Morgan fingerprint density at radius 1 is 1.26 bits per heavy atom. The van der Waals surface area contributed by atoms with E-state index in [1.54, 1.807) is 6.20 Å². The lowest BCUT2D eigenvalue weighted by molar-refractivity contribution is 0.446. The van der Waals surface area contributed by atoms with E-state index >= 15 is 0 Å². The number of piperidine rings is 1. The first-order valence-electron chi connectivity index (χ1n) is 6.39. The topological polar surface area (TPSA) is 66.5 Å². The molecule has 0 atom stereocenters. The molecule has 3 rings (SSSR count). The maximum Gasteiger partial charge on any atom is 0.174 e. The number of halogens is 1. The Labute approximate surface area is 118 Å². The summed E-state index contributed by atoms with van der Waals surface area (Å²) in [6, 6.07) is 4.00. The first-order valence-corrected chi connectivity index (χ1v) is 6.39. The Morgan fingerprint density at radius 2 is 2.05 bits per heavy atom. The summed E-state index contributed by atoms with van der Waals surface area (Å²) in [5, 5.41) is 10.7. The second-order valence-corrected chi connectivity index (χ2v) is 4.78. The van der Waals surface area contributed by atoms with Gasteiger partial charge in [-0.05, 0) is 50.6 Å². The zero-order valence-corrected chi connectivity index (χ0v) is 11.7. The number of aromatic amines is 1. The maximum atomic E-state index is 4.59. The van der Waals surface area contributed by atoms with Crippen LogP contribution in [-0.2, 0) is 0 Å². The lowest BCUT2D eigenvalue weighted by Crippen LogP contribution is -2.27. The average molecular weight is 280 g/mol. The molecule has 0 spiro atoms. The molecule has 0 bridgehead atoms. The van der Waals surface area contributed by atoms with Crippen LogP contribution in [0.15, 0.2) is 18.3 Å². The van der Waals surface area contributed by atoms with Gasteiger partial charge < -0.3 is 5.32 Å². The first-order chi connectivity index (χ1) is 8.83. The summed E-state index contributed by atoms with van der Waals surface area (Å²) in [6.07, 6.45) is 4.02. The highest BCUT2D eigenvalue weighted by atomic mass is 35.5. The number of nitrogens with zero attached hydrogens (tertiary/aromatic N) is 3. The van der Waals surface area contributed by atoms with Gasteiger partial charge in [0.2, 0.25) is 0 Å². The number of nitrogens with one attached hydrogen (secondary N) is 2. The zero-order valence-electron chi connectivity index (χ0n) is 10.9. The number of rotatable bonds is 2. The van der Waals surface area contributed by atoms with Crippen LogP contribution >= 0.6 is 12.4 Å². The van der Waals surface area contributed by atoms with Crippen LogP contribution in [-0.4, -0.2) is 33.3 Å². The van der Waals surface area contributed by atoms with Gasteiger partial charge in [-0.15, -0.1) is 12.4 Å². The molecule has 1 aliphatic heterocycles. The van der Waals surface area contributed by atoms with Gasteiger partial charge in [0.05, 0.1) is 0 Å². The van der Waals surface area contributed by atoms with Crippen molar-refractivity contribution in [1.82, 2.24) is 25.5 Å². The molecule has 3 heterocycles. The summed E-state index contributed by atoms with van der Waals surface area (Å²) in [4.78, 5) is 8.91. The number of H-pyrrole nitrogens is 1. The number of aryl methyl sites for hydroxylation is 1. The van der Waals surface area contributed by atoms with E-state index in [0.29, 0.717) is 5.92 Å². The third-order valence-electron chi connectivity index (χ3n) is 3.37. The summed E-state index contributed by atoms with van der Waals surface area (Å²) in [5.74, 6) is 2.17. The van der Waals surface area contributed by atoms with Crippen molar-refractivity contribution in [3.8, 4) is 11.5 Å². The number of pyridine rings is 1. The quantitative estimate of drug-likeness (QED) is 0.883. The van der Waals surface area contributed by atoms with E-state index in [2.05, 4.69) is 32.4 Å². The molecule has 19 heavy (non-hydrogen) atoms. The average Bonchev–Trinajstić information content (AvgIpc) is 2.89. The molecular formula is C13H18ClN5. The predicted molar refractivity (Wildman–Crippen MR) is 76.4 cm³/mol. The van der Waals surface area contributed by atoms with Crippen LogP contribution in [0.1, 0.15) is 30.1 Å². The fourth-order valence-corrected chi connectivity index (χ4v) is 2.32. The van der Waals surface area contributed by atoms with Gasteiger partial charge in [-0.3, -0.25) is 10.1 Å². The lowest BCUT2D eigenvalue weighted by atomic mass is 9.98. The summed E-state index contributed by atoms with van der Waals surface area (Å²) in [6.45, 7) is 4.16. The third kappa shape index (κ3) is 3.11. The molecule has 6 heteroatoms. The third-order valence-corrected chi connectivity index (χ3v) is 3.37. The Balaban J connectivity index is 0.00000133. The Kier molecular flexibility index (Phi) is 4.50. The van der Waals surface area contributed by atoms with Crippen LogP contribution in [0.4, 0.5) is 0 Å². The molecule has 1 saturated heterocycles. The number of aromatic nitrogens is 4. The van der Waals surface area contributed by atoms with Gasteiger partial charge in [-0.1, -0.05) is 0 Å². The van der Waals surface area contributed by atoms with Crippen molar-refractivity contribution in [2.75, 3.05) is 13.1 Å². The smallest absolute Gasteiger partial charge is 0.174 e. The molecule has 2 N–H and O–H groups in total. The van der Waals surface area contributed by atoms with Crippen LogP contribution < -0.4 is 5.32 Å². The zero-order chi connectivity index (χ0) is 12.4. The van der Waals surface area contributed by atoms with E-state index < -0.39 is 0 Å². The Morgan fingerprint density at radius 3 is 2.79 bits per heavy atom. The molecular weight excluding hydrogens is 262 g/mol.